The van der Waals surface area contributed by atoms with Gasteiger partial charge in [-0.2, -0.15) is 0 Å². The number of ether oxygens (including phenoxy) is 2. The van der Waals surface area contributed by atoms with E-state index in [0.29, 0.717) is 29.5 Å². The van der Waals surface area contributed by atoms with Crippen LogP contribution >= 0.6 is 15.9 Å². The number of aliphatic hydroxyl groups is 1. The topological polar surface area (TPSA) is 51.6 Å². The Morgan fingerprint density at radius 1 is 1.25 bits per heavy atom. The van der Waals surface area contributed by atoms with Gasteiger partial charge in [0.1, 0.15) is 0 Å². The number of para-hydroxylation sites is 2. The van der Waals surface area contributed by atoms with Crippen LogP contribution in [0, 0.1) is 0 Å². The van der Waals surface area contributed by atoms with Crippen molar-refractivity contribution >= 4 is 15.9 Å². The lowest BCUT2D eigenvalue weighted by Gasteiger charge is -2.13. The number of benzene rings is 1. The van der Waals surface area contributed by atoms with Gasteiger partial charge >= 0.3 is 0 Å². The minimum absolute atomic E-state index is 0.139. The molecule has 1 N–H and O–H groups in total. The number of hydrogen-bond acceptors (Lipinski definition) is 4. The van der Waals surface area contributed by atoms with E-state index in [4.69, 9.17) is 9.47 Å². The van der Waals surface area contributed by atoms with Gasteiger partial charge in [0, 0.05) is 16.2 Å². The van der Waals surface area contributed by atoms with Gasteiger partial charge in [-0.05, 0) is 40.5 Å². The fourth-order valence-electron chi connectivity index (χ4n) is 1.64. The number of halogens is 1. The quantitative estimate of drug-likeness (QED) is 0.867. The molecule has 0 amide bonds. The van der Waals surface area contributed by atoms with Crippen LogP contribution in [0.1, 0.15) is 18.9 Å². The second-order valence-corrected chi connectivity index (χ2v) is 5.09. The maximum absolute atomic E-state index is 9.36. The second-order valence-electron chi connectivity index (χ2n) is 4.17. The molecule has 0 atom stereocenters. The zero-order valence-corrected chi connectivity index (χ0v) is 12.8. The SMILES string of the molecule is CCCOc1ccccc1Oc1ncc(Br)cc1CO. The molecule has 1 aromatic carbocycles. The molecule has 0 aliphatic rings. The van der Waals surface area contributed by atoms with Crippen LogP contribution in [0.25, 0.3) is 0 Å². The molecule has 0 bridgehead atoms. The molecule has 1 aromatic heterocycles. The Labute approximate surface area is 126 Å². The lowest BCUT2D eigenvalue weighted by molar-refractivity contribution is 0.271. The highest BCUT2D eigenvalue weighted by Gasteiger charge is 2.10. The summed E-state index contributed by atoms with van der Waals surface area (Å²) in [5.74, 6) is 1.64. The first kappa shape index (κ1) is 14.8. The average Bonchev–Trinajstić information content (AvgIpc) is 2.48. The molecular formula is C15H16BrNO3. The standard InChI is InChI=1S/C15H16BrNO3/c1-2-7-19-13-5-3-4-6-14(13)20-15-11(10-18)8-12(16)9-17-15/h3-6,8-9,18H,2,7,10H2,1H3. The van der Waals surface area contributed by atoms with Crippen LogP contribution in [-0.4, -0.2) is 16.7 Å². The van der Waals surface area contributed by atoms with E-state index in [1.807, 2.05) is 31.2 Å². The zero-order valence-electron chi connectivity index (χ0n) is 11.2. The van der Waals surface area contributed by atoms with Crippen molar-refractivity contribution in [3.63, 3.8) is 0 Å². The third-order valence-electron chi connectivity index (χ3n) is 2.58. The summed E-state index contributed by atoms with van der Waals surface area (Å²) in [6, 6.07) is 9.20. The molecule has 5 heteroatoms. The van der Waals surface area contributed by atoms with Crippen LogP contribution in [0.3, 0.4) is 0 Å². The van der Waals surface area contributed by atoms with Gasteiger partial charge in [0.25, 0.3) is 0 Å². The molecular weight excluding hydrogens is 322 g/mol. The average molecular weight is 338 g/mol. The third-order valence-corrected chi connectivity index (χ3v) is 3.01. The molecule has 2 aromatic rings. The van der Waals surface area contributed by atoms with E-state index < -0.39 is 0 Å². The van der Waals surface area contributed by atoms with Gasteiger partial charge in [0.15, 0.2) is 11.5 Å². The van der Waals surface area contributed by atoms with E-state index in [1.165, 1.54) is 0 Å². The normalized spacial score (nSPS) is 10.3. The summed E-state index contributed by atoms with van der Waals surface area (Å²) in [6.07, 6.45) is 2.55. The Bertz CT molecular complexity index is 575. The predicted octanol–water partition coefficient (Wildman–Crippen LogP) is 3.92. The second kappa shape index (κ2) is 7.26. The summed E-state index contributed by atoms with van der Waals surface area (Å²) in [7, 11) is 0. The Morgan fingerprint density at radius 3 is 2.70 bits per heavy atom. The van der Waals surface area contributed by atoms with E-state index in [2.05, 4.69) is 20.9 Å². The lowest BCUT2D eigenvalue weighted by atomic mass is 10.3. The van der Waals surface area contributed by atoms with Crippen molar-refractivity contribution in [2.24, 2.45) is 0 Å². The first-order valence-corrected chi connectivity index (χ1v) is 7.19. The van der Waals surface area contributed by atoms with Crippen LogP contribution < -0.4 is 9.47 Å². The molecule has 20 heavy (non-hydrogen) atoms. The highest BCUT2D eigenvalue weighted by atomic mass is 79.9. The monoisotopic (exact) mass is 337 g/mol. The van der Waals surface area contributed by atoms with Gasteiger partial charge < -0.3 is 14.6 Å². The van der Waals surface area contributed by atoms with Gasteiger partial charge in [0.05, 0.1) is 13.2 Å². The first-order chi connectivity index (χ1) is 9.74. The predicted molar refractivity (Wildman–Crippen MR) is 80.2 cm³/mol. The van der Waals surface area contributed by atoms with Crippen LogP contribution in [0.5, 0.6) is 17.4 Å². The molecule has 0 aliphatic carbocycles. The molecule has 4 nitrogen and oxygen atoms in total. The lowest BCUT2D eigenvalue weighted by Crippen LogP contribution is -1.99. The summed E-state index contributed by atoms with van der Waals surface area (Å²) in [4.78, 5) is 4.18. The van der Waals surface area contributed by atoms with Crippen molar-refractivity contribution in [3.05, 3.63) is 46.6 Å². The van der Waals surface area contributed by atoms with E-state index >= 15 is 0 Å². The van der Waals surface area contributed by atoms with Crippen molar-refractivity contribution in [1.82, 2.24) is 4.98 Å². The first-order valence-electron chi connectivity index (χ1n) is 6.39. The van der Waals surface area contributed by atoms with Crippen LogP contribution in [0.2, 0.25) is 0 Å². The summed E-state index contributed by atoms with van der Waals surface area (Å²) >= 11 is 3.32. The highest BCUT2D eigenvalue weighted by molar-refractivity contribution is 9.10. The van der Waals surface area contributed by atoms with E-state index in [-0.39, 0.29) is 6.61 Å². The number of aliphatic hydroxyl groups excluding tert-OH is 1. The Hall–Kier alpha value is -1.59. The van der Waals surface area contributed by atoms with Crippen molar-refractivity contribution in [3.8, 4) is 17.4 Å². The number of hydrogen-bond donors (Lipinski definition) is 1. The maximum Gasteiger partial charge on any atom is 0.225 e. The molecule has 0 saturated heterocycles. The van der Waals surface area contributed by atoms with Gasteiger partial charge in [-0.1, -0.05) is 19.1 Å². The molecule has 106 valence electrons. The van der Waals surface area contributed by atoms with Gasteiger partial charge in [0.2, 0.25) is 5.88 Å². The molecule has 0 fully saturated rings. The summed E-state index contributed by atoms with van der Waals surface area (Å²) in [5, 5.41) is 9.36. The Morgan fingerprint density at radius 2 is 2.00 bits per heavy atom. The highest BCUT2D eigenvalue weighted by Crippen LogP contribution is 2.32. The fourth-order valence-corrected chi connectivity index (χ4v) is 2.02. The number of aromatic nitrogens is 1. The maximum atomic E-state index is 9.36. The molecule has 1 heterocycles. The minimum Gasteiger partial charge on any atom is -0.490 e. The molecule has 0 unspecified atom stereocenters. The summed E-state index contributed by atoms with van der Waals surface area (Å²) in [6.45, 7) is 2.53. The van der Waals surface area contributed by atoms with Crippen molar-refractivity contribution in [1.29, 1.82) is 0 Å². The van der Waals surface area contributed by atoms with Crippen LogP contribution in [-0.2, 0) is 6.61 Å². The van der Waals surface area contributed by atoms with Gasteiger partial charge in [-0.15, -0.1) is 0 Å². The number of nitrogens with zero attached hydrogens (tertiary/aromatic N) is 1. The van der Waals surface area contributed by atoms with Gasteiger partial charge in [-0.3, -0.25) is 0 Å². The minimum atomic E-state index is -0.139. The fraction of sp³-hybridized carbons (Fsp3) is 0.267. The van der Waals surface area contributed by atoms with E-state index in [0.717, 1.165) is 10.9 Å². The van der Waals surface area contributed by atoms with E-state index in [9.17, 15) is 5.11 Å². The molecule has 0 spiro atoms. The molecule has 0 aliphatic heterocycles. The Balaban J connectivity index is 2.25. The van der Waals surface area contributed by atoms with Crippen molar-refractivity contribution in [2.45, 2.75) is 20.0 Å². The number of rotatable bonds is 6. The van der Waals surface area contributed by atoms with Crippen molar-refractivity contribution < 1.29 is 14.6 Å². The van der Waals surface area contributed by atoms with Gasteiger partial charge in [-0.25, -0.2) is 4.98 Å². The summed E-state index contributed by atoms with van der Waals surface area (Å²) in [5.41, 5.74) is 0.615. The van der Waals surface area contributed by atoms with Crippen LogP contribution in [0.15, 0.2) is 41.0 Å². The Kier molecular flexibility index (Phi) is 5.38. The largest absolute Gasteiger partial charge is 0.490 e. The molecule has 2 rings (SSSR count). The van der Waals surface area contributed by atoms with E-state index in [1.54, 1.807) is 12.3 Å². The number of pyridine rings is 1. The van der Waals surface area contributed by atoms with Crippen molar-refractivity contribution in [2.75, 3.05) is 6.61 Å². The molecule has 0 saturated carbocycles. The third kappa shape index (κ3) is 3.71. The zero-order chi connectivity index (χ0) is 14.4. The smallest absolute Gasteiger partial charge is 0.225 e. The summed E-state index contributed by atoms with van der Waals surface area (Å²) < 4.78 is 12.2. The molecule has 0 radical (unpaired) electrons. The van der Waals surface area contributed by atoms with Crippen LogP contribution in [0.4, 0.5) is 0 Å².